The van der Waals surface area contributed by atoms with Gasteiger partial charge in [-0.05, 0) is 29.3 Å². The number of carbonyl (C=O) groups is 2. The van der Waals surface area contributed by atoms with Crippen molar-refractivity contribution in [3.05, 3.63) is 80.7 Å². The summed E-state index contributed by atoms with van der Waals surface area (Å²) < 4.78 is 0.168. The molecule has 0 spiro atoms. The average molecular weight is 414 g/mol. The van der Waals surface area contributed by atoms with Gasteiger partial charge in [0.05, 0.1) is 9.83 Å². The minimum absolute atomic E-state index is 0.0569. The molecule has 28 heavy (non-hydrogen) atoms. The smallest absolute Gasteiger partial charge is 0.327 e. The first-order valence-electron chi connectivity index (χ1n) is 8.15. The highest BCUT2D eigenvalue weighted by Crippen LogP contribution is 2.35. The van der Waals surface area contributed by atoms with E-state index in [1.807, 2.05) is 6.07 Å². The standard InChI is InChI=1S/C19H14N2O5S2/c22-17-16(11-13-6-8-14(9-7-13)21(25)26)28-19(27)20(17)15(18(23)24)10-12-4-2-1-3-5-12/h1-9,11,15H,10H2,(H,23,24). The Bertz CT molecular complexity index is 974. The Hall–Kier alpha value is -3.04. The van der Waals surface area contributed by atoms with Crippen LogP contribution in [-0.2, 0) is 16.0 Å². The number of nitro benzene ring substituents is 1. The van der Waals surface area contributed by atoms with Crippen LogP contribution in [0.2, 0.25) is 0 Å². The molecule has 1 saturated heterocycles. The van der Waals surface area contributed by atoms with E-state index in [0.29, 0.717) is 5.56 Å². The summed E-state index contributed by atoms with van der Waals surface area (Å²) in [7, 11) is 0. The average Bonchev–Trinajstić information content (AvgIpc) is 2.94. The Balaban J connectivity index is 1.85. The highest BCUT2D eigenvalue weighted by molar-refractivity contribution is 8.26. The number of aliphatic carboxylic acids is 1. The fourth-order valence-corrected chi connectivity index (χ4v) is 4.08. The quantitative estimate of drug-likeness (QED) is 0.334. The molecule has 1 N–H and O–H groups in total. The summed E-state index contributed by atoms with van der Waals surface area (Å²) in [4.78, 5) is 36.2. The summed E-state index contributed by atoms with van der Waals surface area (Å²) >= 11 is 6.27. The third-order valence-corrected chi connectivity index (χ3v) is 5.42. The van der Waals surface area contributed by atoms with Gasteiger partial charge in [-0.2, -0.15) is 0 Å². The molecular weight excluding hydrogens is 400 g/mol. The van der Waals surface area contributed by atoms with Crippen LogP contribution in [0.25, 0.3) is 6.08 Å². The molecule has 0 aliphatic carbocycles. The molecule has 1 unspecified atom stereocenters. The number of carboxylic acids is 1. The molecule has 2 aromatic rings. The van der Waals surface area contributed by atoms with Crippen LogP contribution in [-0.4, -0.2) is 37.2 Å². The lowest BCUT2D eigenvalue weighted by Gasteiger charge is -2.23. The van der Waals surface area contributed by atoms with Gasteiger partial charge in [-0.25, -0.2) is 4.79 Å². The zero-order valence-electron chi connectivity index (χ0n) is 14.3. The van der Waals surface area contributed by atoms with Gasteiger partial charge in [0, 0.05) is 18.6 Å². The second-order valence-corrected chi connectivity index (χ2v) is 7.62. The topological polar surface area (TPSA) is 101 Å². The predicted octanol–water partition coefficient (Wildman–Crippen LogP) is 3.49. The number of hydrogen-bond donors (Lipinski definition) is 1. The Morgan fingerprint density at radius 1 is 1.21 bits per heavy atom. The summed E-state index contributed by atoms with van der Waals surface area (Å²) in [5, 5.41) is 20.4. The molecule has 3 rings (SSSR count). The molecule has 1 aliphatic heterocycles. The van der Waals surface area contributed by atoms with Crippen molar-refractivity contribution >= 4 is 51.9 Å². The Morgan fingerprint density at radius 2 is 1.86 bits per heavy atom. The number of non-ortho nitro benzene ring substituents is 1. The SMILES string of the molecule is O=C(O)C(Cc1ccccc1)N1C(=O)C(=Cc2ccc([N+](=O)[O-])cc2)SC1=S. The van der Waals surface area contributed by atoms with Crippen LogP contribution in [0, 0.1) is 10.1 Å². The minimum atomic E-state index is -1.14. The van der Waals surface area contributed by atoms with E-state index in [1.165, 1.54) is 24.3 Å². The molecule has 0 aromatic heterocycles. The van der Waals surface area contributed by atoms with Crippen molar-refractivity contribution in [2.45, 2.75) is 12.5 Å². The Morgan fingerprint density at radius 3 is 2.43 bits per heavy atom. The van der Waals surface area contributed by atoms with Crippen molar-refractivity contribution in [1.82, 2.24) is 4.90 Å². The first-order valence-corrected chi connectivity index (χ1v) is 9.37. The van der Waals surface area contributed by atoms with Crippen molar-refractivity contribution in [3.8, 4) is 0 Å². The van der Waals surface area contributed by atoms with Gasteiger partial charge < -0.3 is 5.11 Å². The maximum atomic E-state index is 12.8. The van der Waals surface area contributed by atoms with Crippen LogP contribution in [0.3, 0.4) is 0 Å². The molecule has 142 valence electrons. The molecule has 7 nitrogen and oxygen atoms in total. The van der Waals surface area contributed by atoms with Gasteiger partial charge >= 0.3 is 5.97 Å². The first-order chi connectivity index (χ1) is 13.4. The Kier molecular flexibility index (Phi) is 5.86. The van der Waals surface area contributed by atoms with Crippen molar-refractivity contribution in [2.75, 3.05) is 0 Å². The number of carbonyl (C=O) groups excluding carboxylic acids is 1. The van der Waals surface area contributed by atoms with Crippen LogP contribution < -0.4 is 0 Å². The largest absolute Gasteiger partial charge is 0.480 e. The molecule has 1 fully saturated rings. The van der Waals surface area contributed by atoms with E-state index >= 15 is 0 Å². The molecule has 0 bridgehead atoms. The summed E-state index contributed by atoms with van der Waals surface area (Å²) in [6.45, 7) is 0. The third kappa shape index (κ3) is 4.26. The molecule has 2 aromatic carbocycles. The summed E-state index contributed by atoms with van der Waals surface area (Å²) in [6, 6.07) is 13.6. The number of amides is 1. The van der Waals surface area contributed by atoms with E-state index in [1.54, 1.807) is 30.3 Å². The van der Waals surface area contributed by atoms with E-state index in [2.05, 4.69) is 0 Å². The van der Waals surface area contributed by atoms with E-state index in [4.69, 9.17) is 12.2 Å². The predicted molar refractivity (Wildman–Crippen MR) is 110 cm³/mol. The number of nitro groups is 1. The molecule has 1 atom stereocenters. The zero-order chi connectivity index (χ0) is 20.3. The maximum absolute atomic E-state index is 12.8. The van der Waals surface area contributed by atoms with Crippen LogP contribution >= 0.6 is 24.0 Å². The van der Waals surface area contributed by atoms with E-state index in [-0.39, 0.29) is 21.3 Å². The maximum Gasteiger partial charge on any atom is 0.327 e. The lowest BCUT2D eigenvalue weighted by atomic mass is 10.0. The number of carboxylic acid groups (broad SMARTS) is 1. The monoisotopic (exact) mass is 414 g/mol. The molecule has 1 amide bonds. The van der Waals surface area contributed by atoms with Gasteiger partial charge in [0.25, 0.3) is 11.6 Å². The number of nitrogens with zero attached hydrogens (tertiary/aromatic N) is 2. The normalized spacial score (nSPS) is 16.4. The van der Waals surface area contributed by atoms with Crippen molar-refractivity contribution < 1.29 is 19.6 Å². The van der Waals surface area contributed by atoms with Crippen molar-refractivity contribution in [1.29, 1.82) is 0 Å². The van der Waals surface area contributed by atoms with Gasteiger partial charge in [-0.1, -0.05) is 54.3 Å². The second-order valence-electron chi connectivity index (χ2n) is 5.94. The third-order valence-electron chi connectivity index (χ3n) is 4.09. The highest BCUT2D eigenvalue weighted by atomic mass is 32.2. The fraction of sp³-hybridized carbons (Fsp3) is 0.105. The van der Waals surface area contributed by atoms with Crippen LogP contribution in [0.4, 0.5) is 5.69 Å². The van der Waals surface area contributed by atoms with Gasteiger partial charge in [0.2, 0.25) is 0 Å². The molecular formula is C19H14N2O5S2. The summed E-state index contributed by atoms with van der Waals surface area (Å²) in [5.41, 5.74) is 1.31. The molecule has 1 aliphatic rings. The van der Waals surface area contributed by atoms with E-state index < -0.39 is 22.8 Å². The van der Waals surface area contributed by atoms with Gasteiger partial charge in [0.1, 0.15) is 10.4 Å². The minimum Gasteiger partial charge on any atom is -0.480 e. The lowest BCUT2D eigenvalue weighted by molar-refractivity contribution is -0.384. The number of thioether (sulfide) groups is 1. The fourth-order valence-electron chi connectivity index (χ4n) is 2.72. The van der Waals surface area contributed by atoms with Gasteiger partial charge in [0.15, 0.2) is 0 Å². The molecule has 0 saturated carbocycles. The Labute approximate surface area is 169 Å². The number of rotatable bonds is 6. The number of benzene rings is 2. The summed E-state index contributed by atoms with van der Waals surface area (Å²) in [5.74, 6) is -1.63. The van der Waals surface area contributed by atoms with Crippen LogP contribution in [0.1, 0.15) is 11.1 Å². The highest BCUT2D eigenvalue weighted by Gasteiger charge is 2.40. The van der Waals surface area contributed by atoms with Crippen LogP contribution in [0.15, 0.2) is 59.5 Å². The first kappa shape index (κ1) is 19.7. The number of hydrogen-bond acceptors (Lipinski definition) is 6. The van der Waals surface area contributed by atoms with Gasteiger partial charge in [-0.15, -0.1) is 0 Å². The van der Waals surface area contributed by atoms with Gasteiger partial charge in [-0.3, -0.25) is 19.8 Å². The van der Waals surface area contributed by atoms with Crippen molar-refractivity contribution in [2.24, 2.45) is 0 Å². The molecule has 9 heteroatoms. The second kappa shape index (κ2) is 8.32. The lowest BCUT2D eigenvalue weighted by Crippen LogP contribution is -2.45. The van der Waals surface area contributed by atoms with Crippen LogP contribution in [0.5, 0.6) is 0 Å². The van der Waals surface area contributed by atoms with E-state index in [9.17, 15) is 24.8 Å². The summed E-state index contributed by atoms with van der Waals surface area (Å²) in [6.07, 6.45) is 1.68. The van der Waals surface area contributed by atoms with E-state index in [0.717, 1.165) is 22.2 Å². The molecule has 0 radical (unpaired) electrons. The number of thiocarbonyl (C=S) groups is 1. The molecule has 1 heterocycles. The van der Waals surface area contributed by atoms with Crippen molar-refractivity contribution in [3.63, 3.8) is 0 Å². The zero-order valence-corrected chi connectivity index (χ0v) is 16.0.